The van der Waals surface area contributed by atoms with Crippen LogP contribution >= 0.6 is 0 Å². The lowest BCUT2D eigenvalue weighted by molar-refractivity contribution is -0.161. The minimum atomic E-state index is -2.03. The highest BCUT2D eigenvalue weighted by atomic mass is 16.6. The maximum Gasteiger partial charge on any atom is 0.338 e. The van der Waals surface area contributed by atoms with Gasteiger partial charge in [-0.05, 0) is 0 Å². The van der Waals surface area contributed by atoms with Crippen molar-refractivity contribution in [3.8, 4) is 0 Å². The molecule has 7 nitrogen and oxygen atoms in total. The first-order chi connectivity index (χ1) is 5.95. The third kappa shape index (κ3) is 1.62. The van der Waals surface area contributed by atoms with Crippen molar-refractivity contribution in [2.45, 2.75) is 24.4 Å². The van der Waals surface area contributed by atoms with Gasteiger partial charge in [0.15, 0.2) is 18.3 Å². The number of aliphatic hydroxyl groups excluding tert-OH is 3. The summed E-state index contributed by atoms with van der Waals surface area (Å²) in [6.45, 7) is 0. The molecule has 7 heteroatoms. The van der Waals surface area contributed by atoms with E-state index >= 15 is 0 Å². The average Bonchev–Trinajstić information content (AvgIpc) is 2.31. The molecule has 1 rings (SSSR count). The number of carbonyl (C=O) groups excluding carboxylic acids is 1. The Bertz CT molecular complexity index is 237. The van der Waals surface area contributed by atoms with Crippen LogP contribution in [0.1, 0.15) is 0 Å². The van der Waals surface area contributed by atoms with E-state index in [2.05, 4.69) is 4.74 Å². The molecule has 0 aromatic rings. The van der Waals surface area contributed by atoms with E-state index in [9.17, 15) is 9.59 Å². The minimum absolute atomic E-state index is 1.14. The summed E-state index contributed by atoms with van der Waals surface area (Å²) in [5, 5.41) is 35.0. The standard InChI is InChI=1S/C6H8O7/c7-1-2(8)6(12)13-4(1)3(9)5(10)11/h1-4,7-9H,(H,10,11)/t1-,2+,3-,4+/m1/s1. The third-order valence-corrected chi connectivity index (χ3v) is 1.72. The number of aliphatic carboxylic acids is 1. The van der Waals surface area contributed by atoms with Crippen molar-refractivity contribution in [2.24, 2.45) is 0 Å². The van der Waals surface area contributed by atoms with E-state index in [4.69, 9.17) is 20.4 Å². The van der Waals surface area contributed by atoms with Crippen molar-refractivity contribution < 1.29 is 34.8 Å². The van der Waals surface area contributed by atoms with Gasteiger partial charge in [0.25, 0.3) is 0 Å². The fraction of sp³-hybridized carbons (Fsp3) is 0.667. The Labute approximate surface area is 72.2 Å². The SMILES string of the molecule is O=C1O[C@H]([C@@H](O)C(=O)O)[C@H](O)[C@@H]1O. The van der Waals surface area contributed by atoms with Gasteiger partial charge in [-0.15, -0.1) is 0 Å². The number of carboxylic acid groups (broad SMARTS) is 1. The molecule has 0 unspecified atom stereocenters. The molecule has 1 saturated heterocycles. The van der Waals surface area contributed by atoms with Crippen LogP contribution in [0.3, 0.4) is 0 Å². The van der Waals surface area contributed by atoms with E-state index in [0.717, 1.165) is 0 Å². The second kappa shape index (κ2) is 3.29. The van der Waals surface area contributed by atoms with E-state index in [1.807, 2.05) is 0 Å². The first kappa shape index (κ1) is 9.90. The molecule has 1 heterocycles. The van der Waals surface area contributed by atoms with Crippen LogP contribution in [0, 0.1) is 0 Å². The van der Waals surface area contributed by atoms with E-state index < -0.39 is 36.4 Å². The van der Waals surface area contributed by atoms with Crippen LogP contribution in [-0.4, -0.2) is 56.8 Å². The molecule has 0 aromatic heterocycles. The van der Waals surface area contributed by atoms with Crippen LogP contribution in [0.4, 0.5) is 0 Å². The van der Waals surface area contributed by atoms with E-state index in [0.29, 0.717) is 0 Å². The molecule has 0 saturated carbocycles. The zero-order valence-corrected chi connectivity index (χ0v) is 6.32. The van der Waals surface area contributed by atoms with E-state index in [1.165, 1.54) is 0 Å². The Hall–Kier alpha value is -1.18. The summed E-state index contributed by atoms with van der Waals surface area (Å²) >= 11 is 0. The van der Waals surface area contributed by atoms with Crippen molar-refractivity contribution >= 4 is 11.9 Å². The Morgan fingerprint density at radius 1 is 1.46 bits per heavy atom. The van der Waals surface area contributed by atoms with Crippen LogP contribution in [0.5, 0.6) is 0 Å². The minimum Gasteiger partial charge on any atom is -0.479 e. The van der Waals surface area contributed by atoms with Crippen LogP contribution < -0.4 is 0 Å². The number of hydrogen-bond acceptors (Lipinski definition) is 6. The first-order valence-corrected chi connectivity index (χ1v) is 3.42. The molecule has 0 aliphatic carbocycles. The zero-order valence-electron chi connectivity index (χ0n) is 6.32. The number of cyclic esters (lactones) is 1. The fourth-order valence-electron chi connectivity index (χ4n) is 0.984. The van der Waals surface area contributed by atoms with Crippen LogP contribution in [-0.2, 0) is 14.3 Å². The first-order valence-electron chi connectivity index (χ1n) is 3.42. The molecule has 0 bridgehead atoms. The molecule has 4 atom stereocenters. The lowest BCUT2D eigenvalue weighted by Crippen LogP contribution is -2.42. The molecule has 0 amide bonds. The number of carboxylic acids is 1. The topological polar surface area (TPSA) is 124 Å². The van der Waals surface area contributed by atoms with Gasteiger partial charge in [0.2, 0.25) is 0 Å². The van der Waals surface area contributed by atoms with Gasteiger partial charge in [0.05, 0.1) is 0 Å². The summed E-state index contributed by atoms with van der Waals surface area (Å²) in [4.78, 5) is 20.8. The molecule has 74 valence electrons. The smallest absolute Gasteiger partial charge is 0.338 e. The van der Waals surface area contributed by atoms with Crippen LogP contribution in [0.25, 0.3) is 0 Å². The van der Waals surface area contributed by atoms with E-state index in [-0.39, 0.29) is 0 Å². The number of aliphatic hydroxyl groups is 3. The van der Waals surface area contributed by atoms with Gasteiger partial charge in [-0.25, -0.2) is 9.59 Å². The predicted molar refractivity (Wildman–Crippen MR) is 35.5 cm³/mol. The molecule has 1 aliphatic heterocycles. The summed E-state index contributed by atoms with van der Waals surface area (Å²) in [6, 6.07) is 0. The molecule has 0 aromatic carbocycles. The predicted octanol–water partition coefficient (Wildman–Crippen LogP) is -2.92. The Balaban J connectivity index is 2.73. The Morgan fingerprint density at radius 2 is 2.00 bits per heavy atom. The van der Waals surface area contributed by atoms with Gasteiger partial charge in [-0.1, -0.05) is 0 Å². The molecule has 13 heavy (non-hydrogen) atoms. The second-order valence-corrected chi connectivity index (χ2v) is 2.62. The monoisotopic (exact) mass is 192 g/mol. The summed E-state index contributed by atoms with van der Waals surface area (Å²) in [6.07, 6.45) is -7.14. The maximum absolute atomic E-state index is 10.6. The molecule has 1 fully saturated rings. The summed E-state index contributed by atoms with van der Waals surface area (Å²) in [5.41, 5.74) is 0. The highest BCUT2D eigenvalue weighted by molar-refractivity contribution is 5.80. The second-order valence-electron chi connectivity index (χ2n) is 2.62. The fourth-order valence-corrected chi connectivity index (χ4v) is 0.984. The highest BCUT2D eigenvalue weighted by Crippen LogP contribution is 2.18. The average molecular weight is 192 g/mol. The van der Waals surface area contributed by atoms with Gasteiger partial charge in [0, 0.05) is 0 Å². The molecular weight excluding hydrogens is 184 g/mol. The number of hydrogen-bond donors (Lipinski definition) is 4. The van der Waals surface area contributed by atoms with Gasteiger partial charge >= 0.3 is 11.9 Å². The number of ether oxygens (including phenoxy) is 1. The maximum atomic E-state index is 10.6. The van der Waals surface area contributed by atoms with Crippen molar-refractivity contribution in [1.82, 2.24) is 0 Å². The molecule has 1 aliphatic rings. The van der Waals surface area contributed by atoms with Gasteiger partial charge in [-0.3, -0.25) is 0 Å². The highest BCUT2D eigenvalue weighted by Gasteiger charge is 2.48. The largest absolute Gasteiger partial charge is 0.479 e. The molecule has 0 radical (unpaired) electrons. The van der Waals surface area contributed by atoms with Crippen LogP contribution in [0.15, 0.2) is 0 Å². The Morgan fingerprint density at radius 3 is 2.31 bits per heavy atom. The van der Waals surface area contributed by atoms with Crippen LogP contribution in [0.2, 0.25) is 0 Å². The van der Waals surface area contributed by atoms with Crippen molar-refractivity contribution in [1.29, 1.82) is 0 Å². The summed E-state index contributed by atoms with van der Waals surface area (Å²) < 4.78 is 4.24. The van der Waals surface area contributed by atoms with Crippen molar-refractivity contribution in [3.63, 3.8) is 0 Å². The van der Waals surface area contributed by atoms with Gasteiger partial charge in [0.1, 0.15) is 6.10 Å². The van der Waals surface area contributed by atoms with Gasteiger partial charge < -0.3 is 25.2 Å². The number of carbonyl (C=O) groups is 2. The number of rotatable bonds is 2. The van der Waals surface area contributed by atoms with E-state index in [1.54, 1.807) is 0 Å². The zero-order chi connectivity index (χ0) is 10.2. The van der Waals surface area contributed by atoms with Crippen molar-refractivity contribution in [2.75, 3.05) is 0 Å². The molecule has 4 N–H and O–H groups in total. The van der Waals surface area contributed by atoms with Gasteiger partial charge in [-0.2, -0.15) is 0 Å². The lowest BCUT2D eigenvalue weighted by Gasteiger charge is -2.15. The molecular formula is C6H8O7. The molecule has 0 spiro atoms. The summed E-state index contributed by atoms with van der Waals surface area (Å²) in [7, 11) is 0. The lowest BCUT2D eigenvalue weighted by atomic mass is 10.1. The Kier molecular flexibility index (Phi) is 2.50. The van der Waals surface area contributed by atoms with Crippen molar-refractivity contribution in [3.05, 3.63) is 0 Å². The number of esters is 1. The normalized spacial score (nSPS) is 35.6. The third-order valence-electron chi connectivity index (χ3n) is 1.72. The quantitative estimate of drug-likeness (QED) is 0.345. The summed E-state index contributed by atoms with van der Waals surface area (Å²) in [5.74, 6) is -2.77.